The summed E-state index contributed by atoms with van der Waals surface area (Å²) >= 11 is 0. The van der Waals surface area contributed by atoms with Crippen LogP contribution in [0.4, 0.5) is 0 Å². The van der Waals surface area contributed by atoms with Crippen LogP contribution in [0, 0.1) is 17.8 Å². The largest absolute Gasteiger partial charge is 0.359 e. The average molecular weight is 416 g/mol. The number of hydrogen-bond donors (Lipinski definition) is 2. The van der Waals surface area contributed by atoms with Crippen LogP contribution >= 0.6 is 0 Å². The summed E-state index contributed by atoms with van der Waals surface area (Å²) in [5.41, 5.74) is -1.03. The Balaban J connectivity index is 1.44. The molecule has 4 fully saturated rings. The minimum absolute atomic E-state index is 0.107. The minimum Gasteiger partial charge on any atom is -0.359 e. The fourth-order valence-electron chi connectivity index (χ4n) is 5.91. The third-order valence-corrected chi connectivity index (χ3v) is 7.36. The van der Waals surface area contributed by atoms with Crippen molar-refractivity contribution in [2.75, 3.05) is 6.54 Å². The van der Waals surface area contributed by atoms with Gasteiger partial charge in [-0.15, -0.1) is 0 Å². The summed E-state index contributed by atoms with van der Waals surface area (Å²) in [6, 6.07) is -0.321. The first-order valence-electron chi connectivity index (χ1n) is 11.7. The molecule has 0 aromatic heterocycles. The van der Waals surface area contributed by atoms with Gasteiger partial charge in [0, 0.05) is 18.6 Å². The number of carbonyl (C=O) groups is 3. The van der Waals surface area contributed by atoms with Gasteiger partial charge in [0.1, 0.15) is 11.6 Å². The lowest BCUT2D eigenvalue weighted by atomic mass is 9.74. The summed E-state index contributed by atoms with van der Waals surface area (Å²) in [4.78, 5) is 41.8. The molecule has 2 N–H and O–H groups in total. The molecule has 1 spiro atoms. The van der Waals surface area contributed by atoms with Crippen LogP contribution in [0.3, 0.4) is 0 Å². The Hall–Kier alpha value is -1.89. The molecular formula is C23H33N3O4. The van der Waals surface area contributed by atoms with Gasteiger partial charge >= 0.3 is 0 Å². The van der Waals surface area contributed by atoms with E-state index in [0.717, 1.165) is 38.5 Å². The Morgan fingerprint density at radius 1 is 1.10 bits per heavy atom. The number of carbonyl (C=O) groups excluding carboxylic acids is 3. The summed E-state index contributed by atoms with van der Waals surface area (Å²) in [5.74, 6) is -1.31. The van der Waals surface area contributed by atoms with E-state index in [0.29, 0.717) is 6.54 Å². The molecular weight excluding hydrogens is 382 g/mol. The molecule has 3 aliphatic heterocycles. The summed E-state index contributed by atoms with van der Waals surface area (Å²) < 4.78 is 6.33. The van der Waals surface area contributed by atoms with Crippen molar-refractivity contribution in [1.29, 1.82) is 0 Å². The van der Waals surface area contributed by atoms with Crippen LogP contribution in [0.15, 0.2) is 12.2 Å². The van der Waals surface area contributed by atoms with Gasteiger partial charge in [-0.1, -0.05) is 45.3 Å². The molecule has 7 nitrogen and oxygen atoms in total. The van der Waals surface area contributed by atoms with Crippen LogP contribution < -0.4 is 10.6 Å². The predicted octanol–water partition coefficient (Wildman–Crippen LogP) is 1.52. The number of rotatable bonds is 6. The SMILES string of the molecule is CC(C)CN1C(=O)[C@H]2[C@@H](C(=O)NC3CC3)[C@H]3C=C[C@]2(O3)[C@H]1C(=O)NC1CCCCC1. The maximum Gasteiger partial charge on any atom is 0.246 e. The second-order valence-electron chi connectivity index (χ2n) is 10.2. The fraction of sp³-hybridized carbons (Fsp3) is 0.783. The number of nitrogens with zero attached hydrogens (tertiary/aromatic N) is 1. The molecule has 0 radical (unpaired) electrons. The summed E-state index contributed by atoms with van der Waals surface area (Å²) in [5, 5.41) is 6.27. The van der Waals surface area contributed by atoms with Gasteiger partial charge in [0.25, 0.3) is 0 Å². The molecule has 164 valence electrons. The summed E-state index contributed by atoms with van der Waals surface area (Å²) in [6.07, 6.45) is 10.8. The van der Waals surface area contributed by atoms with Gasteiger partial charge in [0.05, 0.1) is 17.9 Å². The van der Waals surface area contributed by atoms with E-state index in [1.54, 1.807) is 4.90 Å². The third kappa shape index (κ3) is 3.17. The minimum atomic E-state index is -1.03. The zero-order valence-electron chi connectivity index (χ0n) is 17.9. The average Bonchev–Trinajstić information content (AvgIpc) is 3.25. The predicted molar refractivity (Wildman–Crippen MR) is 110 cm³/mol. The summed E-state index contributed by atoms with van der Waals surface area (Å²) in [7, 11) is 0. The molecule has 5 rings (SSSR count). The van der Waals surface area contributed by atoms with Crippen LogP contribution in [0.25, 0.3) is 0 Å². The lowest BCUT2D eigenvalue weighted by Crippen LogP contribution is -2.57. The van der Waals surface area contributed by atoms with Crippen LogP contribution in [0.5, 0.6) is 0 Å². The fourth-order valence-corrected chi connectivity index (χ4v) is 5.91. The molecule has 0 unspecified atom stereocenters. The van der Waals surface area contributed by atoms with Gasteiger partial charge in [0.15, 0.2) is 0 Å². The maximum absolute atomic E-state index is 13.6. The molecule has 0 aromatic rings. The Morgan fingerprint density at radius 3 is 2.43 bits per heavy atom. The van der Waals surface area contributed by atoms with Gasteiger partial charge < -0.3 is 20.3 Å². The highest BCUT2D eigenvalue weighted by molar-refractivity contribution is 6.00. The molecule has 2 bridgehead atoms. The zero-order chi connectivity index (χ0) is 21.0. The third-order valence-electron chi connectivity index (χ3n) is 7.36. The second kappa shape index (κ2) is 7.36. The van der Waals surface area contributed by atoms with Crippen molar-refractivity contribution in [3.05, 3.63) is 12.2 Å². The van der Waals surface area contributed by atoms with Crippen molar-refractivity contribution in [2.45, 2.75) is 88.6 Å². The molecule has 7 heteroatoms. The first-order chi connectivity index (χ1) is 14.4. The summed E-state index contributed by atoms with van der Waals surface area (Å²) in [6.45, 7) is 4.57. The number of hydrogen-bond acceptors (Lipinski definition) is 4. The van der Waals surface area contributed by atoms with Crippen LogP contribution in [-0.4, -0.2) is 59.0 Å². The molecule has 3 amide bonds. The van der Waals surface area contributed by atoms with E-state index in [-0.39, 0.29) is 35.7 Å². The van der Waals surface area contributed by atoms with Crippen molar-refractivity contribution in [1.82, 2.24) is 15.5 Å². The number of amides is 3. The first-order valence-corrected chi connectivity index (χ1v) is 11.7. The van der Waals surface area contributed by atoms with E-state index < -0.39 is 29.6 Å². The molecule has 2 saturated carbocycles. The van der Waals surface area contributed by atoms with Gasteiger partial charge in [-0.3, -0.25) is 14.4 Å². The van der Waals surface area contributed by atoms with E-state index in [1.165, 1.54) is 6.42 Å². The Kier molecular flexibility index (Phi) is 4.92. The molecule has 5 atom stereocenters. The highest BCUT2D eigenvalue weighted by Crippen LogP contribution is 2.55. The standard InChI is InChI=1S/C23H33N3O4/c1-13(2)12-26-19(21(28)25-14-6-4-3-5-7-14)23-11-10-16(30-23)17(18(23)22(26)29)20(27)24-15-8-9-15/h10-11,13-19H,3-9,12H2,1-2H3,(H,24,27)(H,25,28)/t16-,17+,18-,19-,23-/m1/s1. The van der Waals surface area contributed by atoms with E-state index >= 15 is 0 Å². The van der Waals surface area contributed by atoms with Crippen molar-refractivity contribution >= 4 is 17.7 Å². The number of ether oxygens (including phenoxy) is 1. The smallest absolute Gasteiger partial charge is 0.246 e. The monoisotopic (exact) mass is 415 g/mol. The van der Waals surface area contributed by atoms with E-state index in [4.69, 9.17) is 4.74 Å². The van der Waals surface area contributed by atoms with Crippen molar-refractivity contribution in [2.24, 2.45) is 17.8 Å². The van der Waals surface area contributed by atoms with Crippen molar-refractivity contribution < 1.29 is 19.1 Å². The first kappa shape index (κ1) is 20.0. The Bertz CT molecular complexity index is 770. The Labute approximate surface area is 178 Å². The molecule has 3 heterocycles. The van der Waals surface area contributed by atoms with Crippen molar-refractivity contribution in [3.8, 4) is 0 Å². The topological polar surface area (TPSA) is 87.7 Å². The number of likely N-dealkylation sites (tertiary alicyclic amines) is 1. The van der Waals surface area contributed by atoms with E-state index in [9.17, 15) is 14.4 Å². The lowest BCUT2D eigenvalue weighted by molar-refractivity contribution is -0.142. The number of fused-ring (bicyclic) bond motifs is 1. The van der Waals surface area contributed by atoms with Crippen LogP contribution in [0.1, 0.15) is 58.8 Å². The maximum atomic E-state index is 13.6. The van der Waals surface area contributed by atoms with Gasteiger partial charge in [0.2, 0.25) is 17.7 Å². The molecule has 2 aliphatic carbocycles. The van der Waals surface area contributed by atoms with Gasteiger partial charge in [-0.2, -0.15) is 0 Å². The van der Waals surface area contributed by atoms with E-state index in [1.807, 2.05) is 26.0 Å². The molecule has 2 saturated heterocycles. The molecule has 30 heavy (non-hydrogen) atoms. The highest BCUT2D eigenvalue weighted by atomic mass is 16.5. The second-order valence-corrected chi connectivity index (χ2v) is 10.2. The quantitative estimate of drug-likeness (QED) is 0.644. The van der Waals surface area contributed by atoms with Crippen molar-refractivity contribution in [3.63, 3.8) is 0 Å². The lowest BCUT2D eigenvalue weighted by Gasteiger charge is -2.34. The highest BCUT2D eigenvalue weighted by Gasteiger charge is 2.72. The molecule has 0 aromatic carbocycles. The normalized spacial score (nSPS) is 37.7. The Morgan fingerprint density at radius 2 is 1.77 bits per heavy atom. The van der Waals surface area contributed by atoms with Gasteiger partial charge in [-0.25, -0.2) is 0 Å². The number of nitrogens with one attached hydrogen (secondary N) is 2. The zero-order valence-corrected chi connectivity index (χ0v) is 17.9. The van der Waals surface area contributed by atoms with Crippen LogP contribution in [0.2, 0.25) is 0 Å². The van der Waals surface area contributed by atoms with Crippen LogP contribution in [-0.2, 0) is 19.1 Å². The van der Waals surface area contributed by atoms with E-state index in [2.05, 4.69) is 10.6 Å². The van der Waals surface area contributed by atoms with Gasteiger partial charge in [-0.05, 0) is 31.6 Å². The molecule has 5 aliphatic rings.